The van der Waals surface area contributed by atoms with Crippen LogP contribution in [0.15, 0.2) is 0 Å². The van der Waals surface area contributed by atoms with Crippen LogP contribution < -0.4 is 5.32 Å². The van der Waals surface area contributed by atoms with E-state index in [1.54, 1.807) is 0 Å². The lowest BCUT2D eigenvalue weighted by molar-refractivity contribution is -0.145. The topological polar surface area (TPSA) is 73.2 Å². The van der Waals surface area contributed by atoms with Crippen LogP contribution >= 0.6 is 0 Å². The van der Waals surface area contributed by atoms with E-state index >= 15 is 0 Å². The summed E-state index contributed by atoms with van der Waals surface area (Å²) in [5, 5.41) is 11.1. The van der Waals surface area contributed by atoms with Crippen LogP contribution in [0.25, 0.3) is 0 Å². The van der Waals surface area contributed by atoms with E-state index in [-0.39, 0.29) is 23.8 Å². The highest BCUT2D eigenvalue weighted by Gasteiger charge is 2.49. The molecule has 5 nitrogen and oxygen atoms in total. The predicted molar refractivity (Wildman–Crippen MR) is 60.7 cm³/mol. The van der Waals surface area contributed by atoms with Gasteiger partial charge in [0.25, 0.3) is 0 Å². The highest BCUT2D eigenvalue weighted by atomic mass is 16.2. The summed E-state index contributed by atoms with van der Waals surface area (Å²) in [6.45, 7) is 4.53. The van der Waals surface area contributed by atoms with Crippen LogP contribution in [0.5, 0.6) is 0 Å². The van der Waals surface area contributed by atoms with E-state index in [4.69, 9.17) is 5.26 Å². The Balaban J connectivity index is 2.11. The summed E-state index contributed by atoms with van der Waals surface area (Å²) in [4.78, 5) is 25.1. The van der Waals surface area contributed by atoms with Crippen LogP contribution in [0.3, 0.4) is 0 Å². The van der Waals surface area contributed by atoms with Crippen molar-refractivity contribution < 1.29 is 9.59 Å². The van der Waals surface area contributed by atoms with E-state index in [2.05, 4.69) is 11.4 Å². The first kappa shape index (κ1) is 12.1. The van der Waals surface area contributed by atoms with E-state index in [1.807, 2.05) is 18.7 Å². The SMILES string of the molecule is CC1(C)C(=O)NC(=O)CN1CC1(CC#N)CC1. The molecule has 2 rings (SSSR count). The quantitative estimate of drug-likeness (QED) is 0.719. The van der Waals surface area contributed by atoms with Gasteiger partial charge in [0.2, 0.25) is 11.8 Å². The van der Waals surface area contributed by atoms with Crippen molar-refractivity contribution in [3.63, 3.8) is 0 Å². The maximum Gasteiger partial charge on any atom is 0.246 e. The van der Waals surface area contributed by atoms with Crippen LogP contribution in [0.4, 0.5) is 0 Å². The lowest BCUT2D eigenvalue weighted by Crippen LogP contribution is -2.64. The van der Waals surface area contributed by atoms with E-state index in [1.165, 1.54) is 0 Å². The molecule has 2 amide bonds. The maximum atomic E-state index is 11.8. The van der Waals surface area contributed by atoms with Gasteiger partial charge in [-0.3, -0.25) is 19.8 Å². The molecular formula is C12H17N3O2. The molecule has 92 valence electrons. The predicted octanol–water partition coefficient (Wildman–Crippen LogP) is 0.417. The largest absolute Gasteiger partial charge is 0.294 e. The molecule has 1 aliphatic heterocycles. The zero-order valence-electron chi connectivity index (χ0n) is 10.2. The molecule has 0 atom stereocenters. The van der Waals surface area contributed by atoms with Crippen molar-refractivity contribution in [1.29, 1.82) is 5.26 Å². The Morgan fingerprint density at radius 3 is 2.59 bits per heavy atom. The molecule has 2 fully saturated rings. The molecule has 5 heteroatoms. The lowest BCUT2D eigenvalue weighted by atomic mass is 9.94. The first-order chi connectivity index (χ1) is 7.89. The maximum absolute atomic E-state index is 11.8. The number of hydrogen-bond acceptors (Lipinski definition) is 4. The zero-order valence-corrected chi connectivity index (χ0v) is 10.2. The standard InChI is InChI=1S/C12H17N3O2/c1-11(2)10(17)14-9(16)7-15(11)8-12(3-4-12)5-6-13/h3-5,7-8H2,1-2H3,(H,14,16,17). The Morgan fingerprint density at radius 2 is 2.06 bits per heavy atom. The number of nitrogens with one attached hydrogen (secondary N) is 1. The second-order valence-corrected chi connectivity index (χ2v) is 5.63. The van der Waals surface area contributed by atoms with Gasteiger partial charge in [0.15, 0.2) is 0 Å². The number of piperazine rings is 1. The van der Waals surface area contributed by atoms with Crippen molar-refractivity contribution in [3.8, 4) is 6.07 Å². The van der Waals surface area contributed by atoms with E-state index < -0.39 is 5.54 Å². The Hall–Kier alpha value is -1.41. The third-order valence-corrected chi connectivity index (χ3v) is 3.87. The smallest absolute Gasteiger partial charge is 0.246 e. The van der Waals surface area contributed by atoms with Gasteiger partial charge < -0.3 is 0 Å². The Morgan fingerprint density at radius 1 is 1.41 bits per heavy atom. The molecule has 0 unspecified atom stereocenters. The average molecular weight is 235 g/mol. The number of rotatable bonds is 3. The van der Waals surface area contributed by atoms with Gasteiger partial charge in [-0.25, -0.2) is 0 Å². The van der Waals surface area contributed by atoms with Crippen LogP contribution in [-0.2, 0) is 9.59 Å². The van der Waals surface area contributed by atoms with Gasteiger partial charge in [0.05, 0.1) is 18.2 Å². The summed E-state index contributed by atoms with van der Waals surface area (Å²) in [5.41, 5.74) is -0.650. The molecule has 1 aliphatic carbocycles. The Labute approximate surface area is 101 Å². The fourth-order valence-corrected chi connectivity index (χ4v) is 2.23. The van der Waals surface area contributed by atoms with Crippen molar-refractivity contribution in [3.05, 3.63) is 0 Å². The highest BCUT2D eigenvalue weighted by Crippen LogP contribution is 2.49. The third-order valence-electron chi connectivity index (χ3n) is 3.87. The van der Waals surface area contributed by atoms with Crippen molar-refractivity contribution in [2.45, 2.75) is 38.6 Å². The number of nitrogens with zero attached hydrogens (tertiary/aromatic N) is 2. The summed E-state index contributed by atoms with van der Waals surface area (Å²) < 4.78 is 0. The summed E-state index contributed by atoms with van der Waals surface area (Å²) in [6.07, 6.45) is 2.54. The number of carbonyl (C=O) groups is 2. The monoisotopic (exact) mass is 235 g/mol. The van der Waals surface area contributed by atoms with Gasteiger partial charge in [-0.15, -0.1) is 0 Å². The zero-order chi connectivity index (χ0) is 12.7. The number of hydrogen-bond donors (Lipinski definition) is 1. The van der Waals surface area contributed by atoms with Gasteiger partial charge in [0, 0.05) is 13.0 Å². The van der Waals surface area contributed by atoms with Crippen molar-refractivity contribution in [1.82, 2.24) is 10.2 Å². The van der Waals surface area contributed by atoms with Crippen molar-refractivity contribution in [2.24, 2.45) is 5.41 Å². The molecular weight excluding hydrogens is 218 g/mol. The van der Waals surface area contributed by atoms with Crippen molar-refractivity contribution in [2.75, 3.05) is 13.1 Å². The third kappa shape index (κ3) is 2.18. The van der Waals surface area contributed by atoms with Gasteiger partial charge in [0.1, 0.15) is 0 Å². The molecule has 1 N–H and O–H groups in total. The first-order valence-corrected chi connectivity index (χ1v) is 5.86. The molecule has 1 saturated carbocycles. The number of amides is 2. The van der Waals surface area contributed by atoms with Gasteiger partial charge in [-0.1, -0.05) is 0 Å². The molecule has 2 aliphatic rings. The van der Waals surface area contributed by atoms with Gasteiger partial charge >= 0.3 is 0 Å². The molecule has 0 bridgehead atoms. The molecule has 0 radical (unpaired) electrons. The molecule has 0 aromatic carbocycles. The average Bonchev–Trinajstić information content (AvgIpc) is 2.95. The van der Waals surface area contributed by atoms with E-state index in [0.717, 1.165) is 12.8 Å². The minimum absolute atomic E-state index is 0.0178. The normalized spacial score (nSPS) is 26.2. The fraction of sp³-hybridized carbons (Fsp3) is 0.750. The minimum Gasteiger partial charge on any atom is -0.294 e. The fourth-order valence-electron chi connectivity index (χ4n) is 2.23. The molecule has 0 spiro atoms. The number of carbonyl (C=O) groups excluding carboxylic acids is 2. The molecule has 1 saturated heterocycles. The minimum atomic E-state index is -0.668. The molecule has 1 heterocycles. The van der Waals surface area contributed by atoms with Gasteiger partial charge in [-0.2, -0.15) is 5.26 Å². The second-order valence-electron chi connectivity index (χ2n) is 5.63. The van der Waals surface area contributed by atoms with Crippen LogP contribution in [0, 0.1) is 16.7 Å². The number of imide groups is 1. The molecule has 0 aromatic heterocycles. The van der Waals surface area contributed by atoms with Crippen LogP contribution in [0.1, 0.15) is 33.1 Å². The Bertz CT molecular complexity index is 404. The summed E-state index contributed by atoms with van der Waals surface area (Å²) in [6, 6.07) is 2.20. The summed E-state index contributed by atoms with van der Waals surface area (Å²) in [5.74, 6) is -0.497. The van der Waals surface area contributed by atoms with Crippen LogP contribution in [0.2, 0.25) is 0 Å². The first-order valence-electron chi connectivity index (χ1n) is 5.86. The molecule has 17 heavy (non-hydrogen) atoms. The van der Waals surface area contributed by atoms with Crippen molar-refractivity contribution >= 4 is 11.8 Å². The Kier molecular flexibility index (Phi) is 2.70. The summed E-state index contributed by atoms with van der Waals surface area (Å²) >= 11 is 0. The highest BCUT2D eigenvalue weighted by molar-refractivity contribution is 6.02. The van der Waals surface area contributed by atoms with E-state index in [0.29, 0.717) is 13.0 Å². The van der Waals surface area contributed by atoms with Crippen LogP contribution in [-0.4, -0.2) is 35.3 Å². The summed E-state index contributed by atoms with van der Waals surface area (Å²) in [7, 11) is 0. The van der Waals surface area contributed by atoms with Gasteiger partial charge in [-0.05, 0) is 32.1 Å². The molecule has 0 aromatic rings. The number of nitriles is 1. The lowest BCUT2D eigenvalue weighted by Gasteiger charge is -2.41. The van der Waals surface area contributed by atoms with E-state index in [9.17, 15) is 9.59 Å². The second kappa shape index (κ2) is 3.81.